The van der Waals surface area contributed by atoms with Gasteiger partial charge in [0.1, 0.15) is 5.82 Å². The van der Waals surface area contributed by atoms with Gasteiger partial charge in [-0.2, -0.15) is 13.2 Å². The summed E-state index contributed by atoms with van der Waals surface area (Å²) in [5.41, 5.74) is 4.94. The Kier molecular flexibility index (Phi) is 5.29. The molecule has 108 valence electrons. The number of halogens is 5. The van der Waals surface area contributed by atoms with Crippen molar-refractivity contribution in [2.24, 2.45) is 5.73 Å². The van der Waals surface area contributed by atoms with E-state index in [-0.39, 0.29) is 23.5 Å². The standard InChI is InChI=1S/C11H13ClF3N3.ClH/c12-9-5-7(11(13,14)15)6-17-10(9)18-3-1-8(16)2-4-18;/h5-6,8H,1-4,16H2;1H. The van der Waals surface area contributed by atoms with Crippen molar-refractivity contribution >= 4 is 29.8 Å². The number of anilines is 1. The highest BCUT2D eigenvalue weighted by molar-refractivity contribution is 6.33. The van der Waals surface area contributed by atoms with Gasteiger partial charge in [-0.25, -0.2) is 4.98 Å². The molecule has 0 spiro atoms. The van der Waals surface area contributed by atoms with E-state index >= 15 is 0 Å². The van der Waals surface area contributed by atoms with Gasteiger partial charge in [0.05, 0.1) is 10.6 Å². The number of nitrogens with zero attached hydrogens (tertiary/aromatic N) is 2. The van der Waals surface area contributed by atoms with Crippen molar-refractivity contribution in [1.82, 2.24) is 4.98 Å². The number of nitrogens with two attached hydrogens (primary N) is 1. The third-order valence-corrected chi connectivity index (χ3v) is 3.27. The summed E-state index contributed by atoms with van der Waals surface area (Å²) in [6.45, 7) is 1.33. The zero-order valence-corrected chi connectivity index (χ0v) is 11.5. The van der Waals surface area contributed by atoms with Gasteiger partial charge in [-0.3, -0.25) is 0 Å². The first kappa shape index (κ1) is 16.3. The van der Waals surface area contributed by atoms with Crippen LogP contribution in [-0.4, -0.2) is 24.1 Å². The monoisotopic (exact) mass is 315 g/mol. The number of piperidine rings is 1. The Hall–Kier alpha value is -0.720. The van der Waals surface area contributed by atoms with Crippen molar-refractivity contribution in [2.75, 3.05) is 18.0 Å². The van der Waals surface area contributed by atoms with Gasteiger partial charge in [-0.15, -0.1) is 12.4 Å². The number of aromatic nitrogens is 1. The lowest BCUT2D eigenvalue weighted by Gasteiger charge is -2.31. The van der Waals surface area contributed by atoms with E-state index in [1.54, 1.807) is 0 Å². The summed E-state index contributed by atoms with van der Waals surface area (Å²) in [4.78, 5) is 5.69. The van der Waals surface area contributed by atoms with E-state index in [2.05, 4.69) is 4.98 Å². The average molecular weight is 316 g/mol. The summed E-state index contributed by atoms with van der Waals surface area (Å²) in [6, 6.07) is 1.06. The lowest BCUT2D eigenvalue weighted by Crippen LogP contribution is -2.40. The fourth-order valence-electron chi connectivity index (χ4n) is 1.93. The molecule has 1 aromatic rings. The zero-order valence-electron chi connectivity index (χ0n) is 9.95. The molecule has 2 rings (SSSR count). The fourth-order valence-corrected chi connectivity index (χ4v) is 2.22. The molecule has 0 aromatic carbocycles. The molecule has 2 N–H and O–H groups in total. The molecule has 19 heavy (non-hydrogen) atoms. The number of pyridine rings is 1. The second-order valence-electron chi connectivity index (χ2n) is 4.35. The second-order valence-corrected chi connectivity index (χ2v) is 4.76. The van der Waals surface area contributed by atoms with Crippen LogP contribution < -0.4 is 10.6 Å². The Morgan fingerprint density at radius 3 is 2.37 bits per heavy atom. The summed E-state index contributed by atoms with van der Waals surface area (Å²) in [5.74, 6) is 0.400. The van der Waals surface area contributed by atoms with Crippen LogP contribution in [0.2, 0.25) is 5.02 Å². The van der Waals surface area contributed by atoms with E-state index < -0.39 is 11.7 Å². The maximum atomic E-state index is 12.5. The molecule has 0 atom stereocenters. The minimum absolute atomic E-state index is 0. The molecule has 0 aliphatic carbocycles. The third kappa shape index (κ3) is 3.87. The van der Waals surface area contributed by atoms with Crippen LogP contribution in [-0.2, 0) is 6.18 Å². The van der Waals surface area contributed by atoms with Crippen LogP contribution in [0.15, 0.2) is 12.3 Å². The SMILES string of the molecule is Cl.NC1CCN(c2ncc(C(F)(F)F)cc2Cl)CC1. The molecule has 1 aliphatic heterocycles. The van der Waals surface area contributed by atoms with Gasteiger partial charge in [0.15, 0.2) is 0 Å². The van der Waals surface area contributed by atoms with E-state index in [9.17, 15) is 13.2 Å². The predicted octanol–water partition coefficient (Wildman–Crippen LogP) is 3.10. The van der Waals surface area contributed by atoms with Crippen LogP contribution in [0, 0.1) is 0 Å². The molecule has 1 aliphatic rings. The van der Waals surface area contributed by atoms with E-state index in [0.29, 0.717) is 18.9 Å². The van der Waals surface area contributed by atoms with Gasteiger partial charge in [-0.05, 0) is 18.9 Å². The Bertz CT molecular complexity index is 432. The Balaban J connectivity index is 0.00000180. The van der Waals surface area contributed by atoms with Crippen molar-refractivity contribution in [1.29, 1.82) is 0 Å². The highest BCUT2D eigenvalue weighted by Crippen LogP contribution is 2.34. The minimum Gasteiger partial charge on any atom is -0.355 e. The van der Waals surface area contributed by atoms with Crippen molar-refractivity contribution in [3.8, 4) is 0 Å². The van der Waals surface area contributed by atoms with E-state index in [4.69, 9.17) is 17.3 Å². The quantitative estimate of drug-likeness (QED) is 0.866. The summed E-state index contributed by atoms with van der Waals surface area (Å²) >= 11 is 5.87. The highest BCUT2D eigenvalue weighted by atomic mass is 35.5. The Labute approximate surface area is 120 Å². The maximum Gasteiger partial charge on any atom is 0.417 e. The highest BCUT2D eigenvalue weighted by Gasteiger charge is 2.32. The first-order valence-electron chi connectivity index (χ1n) is 5.61. The van der Waals surface area contributed by atoms with Crippen molar-refractivity contribution in [2.45, 2.75) is 25.1 Å². The van der Waals surface area contributed by atoms with Gasteiger partial charge in [-0.1, -0.05) is 11.6 Å². The Morgan fingerprint density at radius 1 is 1.32 bits per heavy atom. The topological polar surface area (TPSA) is 42.1 Å². The first-order valence-corrected chi connectivity index (χ1v) is 5.99. The minimum atomic E-state index is -4.42. The molecule has 0 saturated carbocycles. The molecule has 0 bridgehead atoms. The van der Waals surface area contributed by atoms with Crippen molar-refractivity contribution in [3.63, 3.8) is 0 Å². The van der Waals surface area contributed by atoms with E-state index in [0.717, 1.165) is 25.1 Å². The molecule has 3 nitrogen and oxygen atoms in total. The summed E-state index contributed by atoms with van der Waals surface area (Å²) in [5, 5.41) is 0.0281. The number of hydrogen-bond donors (Lipinski definition) is 1. The summed E-state index contributed by atoms with van der Waals surface area (Å²) in [6.07, 6.45) is -2.02. The van der Waals surface area contributed by atoms with Crippen molar-refractivity contribution < 1.29 is 13.2 Å². The van der Waals surface area contributed by atoms with Gasteiger partial charge in [0.2, 0.25) is 0 Å². The van der Waals surface area contributed by atoms with Crippen LogP contribution >= 0.6 is 24.0 Å². The smallest absolute Gasteiger partial charge is 0.355 e. The lowest BCUT2D eigenvalue weighted by atomic mass is 10.1. The molecular weight excluding hydrogens is 302 g/mol. The van der Waals surface area contributed by atoms with E-state index in [1.165, 1.54) is 0 Å². The van der Waals surface area contributed by atoms with Gasteiger partial charge >= 0.3 is 6.18 Å². The number of rotatable bonds is 1. The second kappa shape index (κ2) is 6.15. The van der Waals surface area contributed by atoms with Crippen molar-refractivity contribution in [3.05, 3.63) is 22.8 Å². The molecule has 0 amide bonds. The Morgan fingerprint density at radius 2 is 1.89 bits per heavy atom. The van der Waals surface area contributed by atoms with E-state index in [1.807, 2.05) is 4.90 Å². The molecule has 8 heteroatoms. The molecule has 1 fully saturated rings. The molecular formula is C11H14Cl2F3N3. The maximum absolute atomic E-state index is 12.5. The van der Waals surface area contributed by atoms with Crippen LogP contribution in [0.5, 0.6) is 0 Å². The summed E-state index contributed by atoms with van der Waals surface area (Å²) in [7, 11) is 0. The fraction of sp³-hybridized carbons (Fsp3) is 0.545. The lowest BCUT2D eigenvalue weighted by molar-refractivity contribution is -0.137. The summed E-state index contributed by atoms with van der Waals surface area (Å²) < 4.78 is 37.4. The third-order valence-electron chi connectivity index (χ3n) is 2.99. The van der Waals surface area contributed by atoms with Crippen LogP contribution in [0.4, 0.5) is 19.0 Å². The molecule has 2 heterocycles. The van der Waals surface area contributed by atoms with Gasteiger partial charge < -0.3 is 10.6 Å². The van der Waals surface area contributed by atoms with Crippen LogP contribution in [0.1, 0.15) is 18.4 Å². The number of hydrogen-bond acceptors (Lipinski definition) is 3. The van der Waals surface area contributed by atoms with Crippen LogP contribution in [0.3, 0.4) is 0 Å². The molecule has 1 saturated heterocycles. The molecule has 0 radical (unpaired) electrons. The van der Waals surface area contributed by atoms with Crippen LogP contribution in [0.25, 0.3) is 0 Å². The van der Waals surface area contributed by atoms with Gasteiger partial charge in [0.25, 0.3) is 0 Å². The molecule has 1 aromatic heterocycles. The largest absolute Gasteiger partial charge is 0.417 e. The normalized spacial score (nSPS) is 17.2. The average Bonchev–Trinajstić information content (AvgIpc) is 2.29. The van der Waals surface area contributed by atoms with Gasteiger partial charge in [0, 0.05) is 25.3 Å². The first-order chi connectivity index (χ1) is 8.38. The zero-order chi connectivity index (χ0) is 13.3. The predicted molar refractivity (Wildman–Crippen MR) is 70.9 cm³/mol. The number of alkyl halides is 3. The molecule has 0 unspecified atom stereocenters.